The molecule has 0 unspecified atom stereocenters. The molecule has 4 nitrogen and oxygen atoms in total. The van der Waals surface area contributed by atoms with Crippen LogP contribution in [-0.2, 0) is 0 Å². The molecule has 118 valence electrons. The largest absolute Gasteiger partial charge is 0.491 e. The molecule has 0 aliphatic rings. The van der Waals surface area contributed by atoms with Crippen molar-refractivity contribution in [3.8, 4) is 5.75 Å². The Kier molecular flexibility index (Phi) is 7.65. The fourth-order valence-electron chi connectivity index (χ4n) is 2.10. The number of carbonyl (C=O) groups excluding carboxylic acids is 1. The smallest absolute Gasteiger partial charge is 0.314 e. The number of ether oxygens (including phenoxy) is 1. The highest BCUT2D eigenvalue weighted by Gasteiger charge is 2.06. The van der Waals surface area contributed by atoms with Crippen LogP contribution in [0, 0.1) is 20.8 Å². The number of urea groups is 1. The van der Waals surface area contributed by atoms with Crippen molar-refractivity contribution < 1.29 is 9.53 Å². The van der Waals surface area contributed by atoms with Crippen LogP contribution in [0.4, 0.5) is 4.79 Å². The molecule has 4 heteroatoms. The number of aryl methyl sites for hydroxylation is 2. The lowest BCUT2D eigenvalue weighted by Crippen LogP contribution is -2.38. The lowest BCUT2D eigenvalue weighted by Gasteiger charge is -2.14. The maximum atomic E-state index is 11.5. The second-order valence-corrected chi connectivity index (χ2v) is 5.39. The van der Waals surface area contributed by atoms with E-state index in [9.17, 15) is 4.79 Å². The van der Waals surface area contributed by atoms with E-state index in [-0.39, 0.29) is 6.03 Å². The molecule has 2 N–H and O–H groups in total. The average molecular weight is 292 g/mol. The molecule has 1 rings (SSSR count). The molecule has 0 radical (unpaired) electrons. The third-order valence-electron chi connectivity index (χ3n) is 3.57. The molecule has 21 heavy (non-hydrogen) atoms. The summed E-state index contributed by atoms with van der Waals surface area (Å²) in [5.74, 6) is 0.931. The average Bonchev–Trinajstić information content (AvgIpc) is 2.47. The standard InChI is InChI=1S/C17H28N2O2/c1-5-6-7-10-18-17(20)19-11-12-21-16-14(3)9-8-13(2)15(16)4/h8-9H,5-7,10-12H2,1-4H3,(H2,18,19,20). The summed E-state index contributed by atoms with van der Waals surface area (Å²) in [6, 6.07) is 4.04. The van der Waals surface area contributed by atoms with Crippen LogP contribution in [0.15, 0.2) is 12.1 Å². The molecule has 0 aliphatic carbocycles. The first-order valence-electron chi connectivity index (χ1n) is 7.77. The van der Waals surface area contributed by atoms with Crippen LogP contribution < -0.4 is 15.4 Å². The van der Waals surface area contributed by atoms with Gasteiger partial charge in [0.15, 0.2) is 0 Å². The van der Waals surface area contributed by atoms with E-state index >= 15 is 0 Å². The highest BCUT2D eigenvalue weighted by Crippen LogP contribution is 2.25. The lowest BCUT2D eigenvalue weighted by atomic mass is 10.1. The third-order valence-corrected chi connectivity index (χ3v) is 3.57. The predicted octanol–water partition coefficient (Wildman–Crippen LogP) is 3.48. The van der Waals surface area contributed by atoms with Crippen LogP contribution in [0.25, 0.3) is 0 Å². The van der Waals surface area contributed by atoms with Gasteiger partial charge in [0.2, 0.25) is 0 Å². The molecular weight excluding hydrogens is 264 g/mol. The first-order valence-corrected chi connectivity index (χ1v) is 7.77. The predicted molar refractivity (Wildman–Crippen MR) is 87.1 cm³/mol. The second-order valence-electron chi connectivity index (χ2n) is 5.39. The number of rotatable bonds is 8. The first-order chi connectivity index (χ1) is 10.1. The summed E-state index contributed by atoms with van der Waals surface area (Å²) in [6.45, 7) is 10.0. The zero-order valence-corrected chi connectivity index (χ0v) is 13.7. The summed E-state index contributed by atoms with van der Waals surface area (Å²) in [7, 11) is 0. The van der Waals surface area contributed by atoms with E-state index in [4.69, 9.17) is 4.74 Å². The minimum atomic E-state index is -0.118. The SMILES string of the molecule is CCCCCNC(=O)NCCOc1c(C)ccc(C)c1C. The Labute approximate surface area is 128 Å². The van der Waals surface area contributed by atoms with Gasteiger partial charge in [-0.2, -0.15) is 0 Å². The van der Waals surface area contributed by atoms with Crippen molar-refractivity contribution >= 4 is 6.03 Å². The highest BCUT2D eigenvalue weighted by atomic mass is 16.5. The quantitative estimate of drug-likeness (QED) is 0.721. The van der Waals surface area contributed by atoms with Crippen molar-refractivity contribution in [3.05, 3.63) is 28.8 Å². The number of carbonyl (C=O) groups is 1. The summed E-state index contributed by atoms with van der Waals surface area (Å²) in [4.78, 5) is 11.5. The minimum absolute atomic E-state index is 0.118. The van der Waals surface area contributed by atoms with Gasteiger partial charge in [0.05, 0.1) is 6.54 Å². The van der Waals surface area contributed by atoms with Crippen molar-refractivity contribution in [2.75, 3.05) is 19.7 Å². The van der Waals surface area contributed by atoms with Crippen LogP contribution in [-0.4, -0.2) is 25.7 Å². The van der Waals surface area contributed by atoms with Crippen LogP contribution >= 0.6 is 0 Å². The summed E-state index contributed by atoms with van der Waals surface area (Å²) in [6.07, 6.45) is 3.34. The monoisotopic (exact) mass is 292 g/mol. The molecule has 0 bridgehead atoms. The molecule has 0 aliphatic heterocycles. The fraction of sp³-hybridized carbons (Fsp3) is 0.588. The van der Waals surface area contributed by atoms with Gasteiger partial charge in [-0.3, -0.25) is 0 Å². The maximum Gasteiger partial charge on any atom is 0.314 e. The molecule has 0 aromatic heterocycles. The van der Waals surface area contributed by atoms with E-state index in [1.165, 1.54) is 11.1 Å². The van der Waals surface area contributed by atoms with Gasteiger partial charge in [-0.15, -0.1) is 0 Å². The molecule has 2 amide bonds. The van der Waals surface area contributed by atoms with E-state index in [1.807, 2.05) is 6.92 Å². The first kappa shape index (κ1) is 17.3. The van der Waals surface area contributed by atoms with Gasteiger partial charge >= 0.3 is 6.03 Å². The van der Waals surface area contributed by atoms with Gasteiger partial charge in [0.1, 0.15) is 12.4 Å². The summed E-state index contributed by atoms with van der Waals surface area (Å²) in [5.41, 5.74) is 3.51. The Balaban J connectivity index is 2.25. The van der Waals surface area contributed by atoms with Crippen LogP contribution in [0.1, 0.15) is 42.9 Å². The van der Waals surface area contributed by atoms with E-state index in [0.29, 0.717) is 13.2 Å². The minimum Gasteiger partial charge on any atom is -0.491 e. The number of hydrogen-bond acceptors (Lipinski definition) is 2. The molecule has 0 heterocycles. The van der Waals surface area contributed by atoms with E-state index in [1.54, 1.807) is 0 Å². The number of benzene rings is 1. The van der Waals surface area contributed by atoms with E-state index in [2.05, 4.69) is 43.5 Å². The summed E-state index contributed by atoms with van der Waals surface area (Å²) < 4.78 is 5.80. The van der Waals surface area contributed by atoms with Crippen molar-refractivity contribution in [2.45, 2.75) is 47.0 Å². The van der Waals surface area contributed by atoms with Crippen molar-refractivity contribution in [2.24, 2.45) is 0 Å². The lowest BCUT2D eigenvalue weighted by molar-refractivity contribution is 0.236. The van der Waals surface area contributed by atoms with Gasteiger partial charge in [-0.1, -0.05) is 31.9 Å². The Morgan fingerprint density at radius 1 is 1.05 bits per heavy atom. The zero-order valence-electron chi connectivity index (χ0n) is 13.7. The zero-order chi connectivity index (χ0) is 15.7. The summed E-state index contributed by atoms with van der Waals surface area (Å²) >= 11 is 0. The Bertz CT molecular complexity index is 458. The van der Waals surface area contributed by atoms with Gasteiger partial charge < -0.3 is 15.4 Å². The van der Waals surface area contributed by atoms with Crippen LogP contribution in [0.5, 0.6) is 5.75 Å². The number of amides is 2. The van der Waals surface area contributed by atoms with Crippen molar-refractivity contribution in [1.82, 2.24) is 10.6 Å². The third kappa shape index (κ3) is 6.06. The molecule has 0 spiro atoms. The molecule has 0 saturated heterocycles. The summed E-state index contributed by atoms with van der Waals surface area (Å²) in [5, 5.41) is 5.65. The normalized spacial score (nSPS) is 10.3. The van der Waals surface area contributed by atoms with Gasteiger partial charge in [0, 0.05) is 6.54 Å². The molecule has 0 fully saturated rings. The Morgan fingerprint density at radius 2 is 1.71 bits per heavy atom. The maximum absolute atomic E-state index is 11.5. The number of nitrogens with one attached hydrogen (secondary N) is 2. The Morgan fingerprint density at radius 3 is 2.43 bits per heavy atom. The number of unbranched alkanes of at least 4 members (excludes halogenated alkanes) is 2. The molecule has 1 aromatic rings. The van der Waals surface area contributed by atoms with Gasteiger partial charge in [0.25, 0.3) is 0 Å². The highest BCUT2D eigenvalue weighted by molar-refractivity contribution is 5.73. The van der Waals surface area contributed by atoms with Gasteiger partial charge in [-0.05, 0) is 43.9 Å². The fourth-order valence-corrected chi connectivity index (χ4v) is 2.10. The van der Waals surface area contributed by atoms with Crippen LogP contribution in [0.2, 0.25) is 0 Å². The van der Waals surface area contributed by atoms with E-state index in [0.717, 1.165) is 37.1 Å². The second kappa shape index (κ2) is 9.27. The van der Waals surface area contributed by atoms with Gasteiger partial charge in [-0.25, -0.2) is 4.79 Å². The molecule has 0 saturated carbocycles. The Hall–Kier alpha value is -1.71. The topological polar surface area (TPSA) is 50.4 Å². The van der Waals surface area contributed by atoms with Crippen molar-refractivity contribution in [3.63, 3.8) is 0 Å². The molecular formula is C17H28N2O2. The van der Waals surface area contributed by atoms with Crippen LogP contribution in [0.3, 0.4) is 0 Å². The number of hydrogen-bond donors (Lipinski definition) is 2. The van der Waals surface area contributed by atoms with Crippen molar-refractivity contribution in [1.29, 1.82) is 0 Å². The van der Waals surface area contributed by atoms with E-state index < -0.39 is 0 Å². The molecule has 0 atom stereocenters. The molecule has 1 aromatic carbocycles.